The molecule has 1 atom stereocenters. The van der Waals surface area contributed by atoms with Gasteiger partial charge >= 0.3 is 0 Å². The van der Waals surface area contributed by atoms with Crippen molar-refractivity contribution >= 4 is 0 Å². The molecule has 1 unspecified atom stereocenters. The lowest BCUT2D eigenvalue weighted by Crippen LogP contribution is -1.90. The second-order valence-corrected chi connectivity index (χ2v) is 1.80. The number of hydrogen-bond acceptors (Lipinski definition) is 0. The molecule has 0 spiro atoms. The van der Waals surface area contributed by atoms with E-state index in [0.29, 0.717) is 6.42 Å². The van der Waals surface area contributed by atoms with E-state index in [1.54, 1.807) is 6.92 Å². The standard InChI is InChI=1S/C6H10F2/c1-3-5(2)6(8)4-7/h4-5H,3H2,1-2H3/b6-4-. The van der Waals surface area contributed by atoms with Gasteiger partial charge in [0.25, 0.3) is 0 Å². The van der Waals surface area contributed by atoms with Crippen LogP contribution in [0.15, 0.2) is 12.2 Å². The lowest BCUT2D eigenvalue weighted by molar-refractivity contribution is 0.459. The molecule has 8 heavy (non-hydrogen) atoms. The van der Waals surface area contributed by atoms with Gasteiger partial charge in [-0.25, -0.2) is 8.78 Å². The fourth-order valence-electron chi connectivity index (χ4n) is 0.303. The van der Waals surface area contributed by atoms with Gasteiger partial charge in [-0.15, -0.1) is 0 Å². The van der Waals surface area contributed by atoms with Crippen LogP contribution in [-0.4, -0.2) is 0 Å². The Bertz CT molecular complexity index is 86.5. The molecular weight excluding hydrogens is 110 g/mol. The molecule has 48 valence electrons. The molecule has 0 heterocycles. The van der Waals surface area contributed by atoms with E-state index in [0.717, 1.165) is 0 Å². The Morgan fingerprint density at radius 3 is 2.38 bits per heavy atom. The summed E-state index contributed by atoms with van der Waals surface area (Å²) in [5, 5.41) is 0. The van der Waals surface area contributed by atoms with Gasteiger partial charge in [0.15, 0.2) is 0 Å². The average Bonchev–Trinajstić information content (AvgIpc) is 1.84. The zero-order valence-electron chi connectivity index (χ0n) is 5.12. The minimum absolute atomic E-state index is 0.0220. The average molecular weight is 120 g/mol. The summed E-state index contributed by atoms with van der Waals surface area (Å²) in [5.74, 6) is -0.924. The molecule has 0 fully saturated rings. The first-order valence-electron chi connectivity index (χ1n) is 2.68. The van der Waals surface area contributed by atoms with Gasteiger partial charge in [-0.2, -0.15) is 0 Å². The molecule has 0 N–H and O–H groups in total. The molecule has 0 amide bonds. The Morgan fingerprint density at radius 2 is 2.25 bits per heavy atom. The van der Waals surface area contributed by atoms with Gasteiger partial charge in [-0.1, -0.05) is 13.8 Å². The van der Waals surface area contributed by atoms with E-state index in [1.165, 1.54) is 0 Å². The maximum Gasteiger partial charge on any atom is 0.131 e. The molecule has 0 aliphatic heterocycles. The van der Waals surface area contributed by atoms with Gasteiger partial charge in [0.2, 0.25) is 0 Å². The van der Waals surface area contributed by atoms with Gasteiger partial charge < -0.3 is 0 Å². The number of hydrogen-bond donors (Lipinski definition) is 0. The summed E-state index contributed by atoms with van der Waals surface area (Å²) in [6, 6.07) is 0. The Hall–Kier alpha value is -0.400. The summed E-state index contributed by atoms with van der Waals surface area (Å²) in [6.45, 7) is 3.46. The number of halogens is 2. The van der Waals surface area contributed by atoms with Crippen LogP contribution < -0.4 is 0 Å². The quantitative estimate of drug-likeness (QED) is 0.525. The monoisotopic (exact) mass is 120 g/mol. The molecule has 0 saturated carbocycles. The number of allylic oxidation sites excluding steroid dienone is 1. The van der Waals surface area contributed by atoms with Crippen molar-refractivity contribution in [2.45, 2.75) is 20.3 Å². The van der Waals surface area contributed by atoms with E-state index in [-0.39, 0.29) is 12.2 Å². The Balaban J connectivity index is 3.63. The highest BCUT2D eigenvalue weighted by molar-refractivity contribution is 4.89. The molecule has 0 rings (SSSR count). The van der Waals surface area contributed by atoms with Crippen LogP contribution >= 0.6 is 0 Å². The van der Waals surface area contributed by atoms with Crippen LogP contribution in [0.5, 0.6) is 0 Å². The molecule has 0 aliphatic carbocycles. The van der Waals surface area contributed by atoms with Crippen LogP contribution in [0.1, 0.15) is 20.3 Å². The highest BCUT2D eigenvalue weighted by atomic mass is 19.2. The van der Waals surface area contributed by atoms with Crippen molar-refractivity contribution in [1.29, 1.82) is 0 Å². The fourth-order valence-corrected chi connectivity index (χ4v) is 0.303. The minimum Gasteiger partial charge on any atom is -0.213 e. The smallest absolute Gasteiger partial charge is 0.131 e. The van der Waals surface area contributed by atoms with Gasteiger partial charge in [0.1, 0.15) is 12.2 Å². The lowest BCUT2D eigenvalue weighted by Gasteiger charge is -2.00. The van der Waals surface area contributed by atoms with E-state index in [4.69, 9.17) is 0 Å². The second-order valence-electron chi connectivity index (χ2n) is 1.80. The van der Waals surface area contributed by atoms with E-state index >= 15 is 0 Å². The third-order valence-electron chi connectivity index (χ3n) is 1.19. The first-order valence-corrected chi connectivity index (χ1v) is 2.68. The molecule has 0 nitrogen and oxygen atoms in total. The third-order valence-corrected chi connectivity index (χ3v) is 1.19. The SMILES string of the molecule is CCC(C)/C(F)=C/F. The summed E-state index contributed by atoms with van der Waals surface area (Å²) in [5.41, 5.74) is 0. The van der Waals surface area contributed by atoms with E-state index in [1.807, 2.05) is 6.92 Å². The highest BCUT2D eigenvalue weighted by Crippen LogP contribution is 2.14. The highest BCUT2D eigenvalue weighted by Gasteiger charge is 2.03. The van der Waals surface area contributed by atoms with Crippen molar-refractivity contribution in [1.82, 2.24) is 0 Å². The van der Waals surface area contributed by atoms with Crippen molar-refractivity contribution in [2.24, 2.45) is 5.92 Å². The Kier molecular flexibility index (Phi) is 3.40. The molecule has 0 aromatic rings. The van der Waals surface area contributed by atoms with Gasteiger partial charge in [-0.05, 0) is 6.42 Å². The Morgan fingerprint density at radius 1 is 1.75 bits per heavy atom. The molecule has 0 bridgehead atoms. The van der Waals surface area contributed by atoms with E-state index in [2.05, 4.69) is 0 Å². The molecule has 0 aliphatic rings. The number of rotatable bonds is 2. The van der Waals surface area contributed by atoms with Crippen LogP contribution in [0, 0.1) is 5.92 Å². The molecule has 2 heteroatoms. The Labute approximate surface area is 48.2 Å². The van der Waals surface area contributed by atoms with Gasteiger partial charge in [0, 0.05) is 5.92 Å². The van der Waals surface area contributed by atoms with Crippen molar-refractivity contribution in [3.8, 4) is 0 Å². The van der Waals surface area contributed by atoms with E-state index in [9.17, 15) is 8.78 Å². The molecule has 0 aromatic heterocycles. The lowest BCUT2D eigenvalue weighted by atomic mass is 10.1. The third kappa shape index (κ3) is 2.05. The minimum atomic E-state index is -0.660. The second kappa shape index (κ2) is 3.58. The van der Waals surface area contributed by atoms with Crippen molar-refractivity contribution in [3.63, 3.8) is 0 Å². The first kappa shape index (κ1) is 7.60. The van der Waals surface area contributed by atoms with Crippen LogP contribution in [-0.2, 0) is 0 Å². The van der Waals surface area contributed by atoms with Crippen molar-refractivity contribution in [2.75, 3.05) is 0 Å². The predicted octanol–water partition coefficient (Wildman–Crippen LogP) is 2.81. The van der Waals surface area contributed by atoms with Crippen LogP contribution in [0.4, 0.5) is 8.78 Å². The zero-order chi connectivity index (χ0) is 6.57. The van der Waals surface area contributed by atoms with Gasteiger partial charge in [-0.3, -0.25) is 0 Å². The zero-order valence-corrected chi connectivity index (χ0v) is 5.12. The van der Waals surface area contributed by atoms with Crippen LogP contribution in [0.25, 0.3) is 0 Å². The summed E-state index contributed by atoms with van der Waals surface area (Å²) >= 11 is 0. The topological polar surface area (TPSA) is 0 Å². The van der Waals surface area contributed by atoms with Crippen molar-refractivity contribution < 1.29 is 8.78 Å². The summed E-state index contributed by atoms with van der Waals surface area (Å²) in [7, 11) is 0. The van der Waals surface area contributed by atoms with Crippen molar-refractivity contribution in [3.05, 3.63) is 12.2 Å². The summed E-state index contributed by atoms with van der Waals surface area (Å²) < 4.78 is 23.3. The fraction of sp³-hybridized carbons (Fsp3) is 0.667. The maximum atomic E-state index is 12.0. The maximum absolute atomic E-state index is 12.0. The first-order chi connectivity index (χ1) is 3.72. The largest absolute Gasteiger partial charge is 0.213 e. The van der Waals surface area contributed by atoms with Crippen LogP contribution in [0.3, 0.4) is 0 Å². The summed E-state index contributed by atoms with van der Waals surface area (Å²) in [4.78, 5) is 0. The van der Waals surface area contributed by atoms with E-state index < -0.39 is 5.83 Å². The summed E-state index contributed by atoms with van der Waals surface area (Å²) in [6.07, 6.45) is 0.667. The molecular formula is C6H10F2. The predicted molar refractivity (Wildman–Crippen MR) is 29.8 cm³/mol. The molecule has 0 aromatic carbocycles. The molecule has 0 saturated heterocycles. The normalized spacial score (nSPS) is 16.2. The molecule has 0 radical (unpaired) electrons. The van der Waals surface area contributed by atoms with Gasteiger partial charge in [0.05, 0.1) is 0 Å². The van der Waals surface area contributed by atoms with Crippen LogP contribution in [0.2, 0.25) is 0 Å².